The Balaban J connectivity index is 0.000000250. The second kappa shape index (κ2) is 6.86. The minimum atomic E-state index is -0.397. The van der Waals surface area contributed by atoms with Crippen LogP contribution in [0.5, 0.6) is 5.75 Å². The van der Waals surface area contributed by atoms with E-state index in [9.17, 15) is 4.79 Å². The normalized spacial score (nSPS) is 10.5. The van der Waals surface area contributed by atoms with Crippen molar-refractivity contribution in [3.63, 3.8) is 0 Å². The molecule has 0 fully saturated rings. The molecule has 2 aliphatic rings. The quantitative estimate of drug-likeness (QED) is 0.327. The fourth-order valence-corrected chi connectivity index (χ4v) is 2.92. The Morgan fingerprint density at radius 3 is 2.00 bits per heavy atom. The molecule has 0 spiro atoms. The molecule has 2 aliphatic carbocycles. The van der Waals surface area contributed by atoms with Gasteiger partial charge in [0.15, 0.2) is 0 Å². The summed E-state index contributed by atoms with van der Waals surface area (Å²) >= 11 is 0. The van der Waals surface area contributed by atoms with Crippen molar-refractivity contribution in [2.75, 3.05) is 7.11 Å². The zero-order valence-corrected chi connectivity index (χ0v) is 14.7. The highest BCUT2D eigenvalue weighted by molar-refractivity contribution is 5.93. The Bertz CT molecular complexity index is 1190. The molecule has 3 nitrogen and oxygen atoms in total. The Morgan fingerprint density at radius 1 is 0.852 bits per heavy atom. The van der Waals surface area contributed by atoms with Crippen LogP contribution in [0.25, 0.3) is 33.2 Å². The number of rotatable bonds is 2. The van der Waals surface area contributed by atoms with Crippen molar-refractivity contribution in [3.05, 3.63) is 88.8 Å². The van der Waals surface area contributed by atoms with Gasteiger partial charge in [-0.05, 0) is 46.5 Å². The fraction of sp³-hybridized carbons (Fsp3) is 0.0417. The van der Waals surface area contributed by atoms with Crippen LogP contribution in [0.1, 0.15) is 5.56 Å². The monoisotopic (exact) mass is 352 g/mol. The van der Waals surface area contributed by atoms with E-state index in [-0.39, 0.29) is 0 Å². The van der Waals surface area contributed by atoms with Crippen LogP contribution in [0.4, 0.5) is 0 Å². The van der Waals surface area contributed by atoms with Gasteiger partial charge in [0, 0.05) is 23.1 Å². The first-order valence-corrected chi connectivity index (χ1v) is 8.47. The minimum Gasteiger partial charge on any atom is -0.497 e. The van der Waals surface area contributed by atoms with E-state index in [0.29, 0.717) is 11.3 Å². The molecule has 1 heterocycles. The van der Waals surface area contributed by atoms with Crippen molar-refractivity contribution in [1.29, 1.82) is 0 Å². The van der Waals surface area contributed by atoms with Crippen LogP contribution in [-0.4, -0.2) is 7.11 Å². The van der Waals surface area contributed by atoms with Crippen LogP contribution in [0.15, 0.2) is 82.0 Å². The first kappa shape index (κ1) is 16.7. The van der Waals surface area contributed by atoms with Crippen molar-refractivity contribution in [2.24, 2.45) is 0 Å². The molecular formula is C24H16O3. The number of methoxy groups -OCH3 is 1. The Labute approximate surface area is 156 Å². The van der Waals surface area contributed by atoms with E-state index in [1.165, 1.54) is 17.2 Å². The highest BCUT2D eigenvalue weighted by Crippen LogP contribution is 2.30. The first-order chi connectivity index (χ1) is 13.2. The van der Waals surface area contributed by atoms with Gasteiger partial charge in [0.1, 0.15) is 11.3 Å². The molecule has 3 heteroatoms. The molecule has 0 amide bonds. The third-order valence-corrected chi connectivity index (χ3v) is 4.53. The van der Waals surface area contributed by atoms with E-state index < -0.39 is 5.63 Å². The Hall–Kier alpha value is -3.77. The van der Waals surface area contributed by atoms with Crippen molar-refractivity contribution >= 4 is 11.0 Å². The van der Waals surface area contributed by atoms with E-state index in [2.05, 4.69) is 30.2 Å². The van der Waals surface area contributed by atoms with Crippen LogP contribution in [0.2, 0.25) is 0 Å². The summed E-state index contributed by atoms with van der Waals surface area (Å²) in [5.74, 6) is 3.22. The lowest BCUT2D eigenvalue weighted by molar-refractivity contribution is 0.414. The number of terminal acetylenes is 1. The van der Waals surface area contributed by atoms with Crippen molar-refractivity contribution in [3.8, 4) is 40.3 Å². The lowest BCUT2D eigenvalue weighted by Crippen LogP contribution is -1.98. The summed E-state index contributed by atoms with van der Waals surface area (Å²) in [6.07, 6.45) is 5.36. The average Bonchev–Trinajstić information content (AvgIpc) is 2.70. The number of ether oxygens (including phenoxy) is 1. The summed E-state index contributed by atoms with van der Waals surface area (Å²) < 4.78 is 10.4. The predicted octanol–water partition coefficient (Wildman–Crippen LogP) is 5.12. The number of hydrogen-bond donors (Lipinski definition) is 0. The van der Waals surface area contributed by atoms with E-state index in [0.717, 1.165) is 22.1 Å². The molecule has 3 aromatic rings. The topological polar surface area (TPSA) is 39.4 Å². The van der Waals surface area contributed by atoms with Gasteiger partial charge in [-0.3, -0.25) is 0 Å². The maximum absolute atomic E-state index is 11.8. The van der Waals surface area contributed by atoms with Gasteiger partial charge in [0.2, 0.25) is 0 Å². The van der Waals surface area contributed by atoms with Gasteiger partial charge in [-0.2, -0.15) is 0 Å². The lowest BCUT2D eigenvalue weighted by Gasteiger charge is -2.10. The maximum Gasteiger partial charge on any atom is 0.336 e. The average molecular weight is 352 g/mol. The molecule has 0 aliphatic heterocycles. The Kier molecular flexibility index (Phi) is 4.24. The highest BCUT2D eigenvalue weighted by atomic mass is 16.5. The van der Waals surface area contributed by atoms with Crippen LogP contribution in [0, 0.1) is 12.3 Å². The molecule has 1 aromatic heterocycles. The number of fused-ring (bicyclic) bond motifs is 2. The van der Waals surface area contributed by atoms with Gasteiger partial charge in [-0.15, -0.1) is 6.42 Å². The van der Waals surface area contributed by atoms with E-state index in [1.54, 1.807) is 13.2 Å². The molecular weight excluding hydrogens is 336 g/mol. The van der Waals surface area contributed by atoms with Crippen LogP contribution in [-0.2, 0) is 0 Å². The molecule has 0 saturated heterocycles. The van der Waals surface area contributed by atoms with Crippen LogP contribution < -0.4 is 10.4 Å². The van der Waals surface area contributed by atoms with Gasteiger partial charge in [0.05, 0.1) is 7.11 Å². The van der Waals surface area contributed by atoms with Crippen LogP contribution in [0.3, 0.4) is 0 Å². The van der Waals surface area contributed by atoms with Crippen molar-refractivity contribution < 1.29 is 9.15 Å². The fourth-order valence-electron chi connectivity index (χ4n) is 2.92. The largest absolute Gasteiger partial charge is 0.497 e. The highest BCUT2D eigenvalue weighted by Gasteiger charge is 2.09. The SMILES string of the molecule is C#Cc1ccc(-c2cc(=O)oc3cc(OC)ccc23)cc1.c1cc2ccc1-2. The van der Waals surface area contributed by atoms with Gasteiger partial charge < -0.3 is 9.15 Å². The number of benzene rings is 3. The summed E-state index contributed by atoms with van der Waals surface area (Å²) in [6.45, 7) is 0. The lowest BCUT2D eigenvalue weighted by atomic mass is 9.95. The molecule has 27 heavy (non-hydrogen) atoms. The van der Waals surface area contributed by atoms with Gasteiger partial charge >= 0.3 is 5.63 Å². The minimum absolute atomic E-state index is 0.397. The van der Waals surface area contributed by atoms with E-state index in [1.807, 2.05) is 36.4 Å². The molecule has 5 rings (SSSR count). The summed E-state index contributed by atoms with van der Waals surface area (Å²) in [6, 6.07) is 22.9. The molecule has 130 valence electrons. The second-order valence-corrected chi connectivity index (χ2v) is 6.14. The molecule has 0 atom stereocenters. The molecule has 0 radical (unpaired) electrons. The summed E-state index contributed by atoms with van der Waals surface area (Å²) in [5.41, 5.74) is 5.48. The predicted molar refractivity (Wildman–Crippen MR) is 108 cm³/mol. The third kappa shape index (κ3) is 3.21. The molecule has 0 unspecified atom stereocenters. The van der Waals surface area contributed by atoms with Crippen molar-refractivity contribution in [1.82, 2.24) is 0 Å². The van der Waals surface area contributed by atoms with Gasteiger partial charge in [-0.25, -0.2) is 4.79 Å². The summed E-state index contributed by atoms with van der Waals surface area (Å²) in [5, 5.41) is 0.851. The standard InChI is InChI=1S/C18H12O3.C6H4/c1-3-12-4-6-13(7-5-12)16-11-18(19)21-17-10-14(20-2)8-9-15(16)17;1-2-6-4-3-5(1)6/h1,4-11H,2H3;1-4H. The smallest absolute Gasteiger partial charge is 0.336 e. The molecule has 2 aromatic carbocycles. The van der Waals surface area contributed by atoms with Gasteiger partial charge in [-0.1, -0.05) is 42.3 Å². The zero-order chi connectivity index (χ0) is 18.8. The Morgan fingerprint density at radius 2 is 1.48 bits per heavy atom. The third-order valence-electron chi connectivity index (χ3n) is 4.53. The summed E-state index contributed by atoms with van der Waals surface area (Å²) in [7, 11) is 1.57. The molecule has 0 saturated carbocycles. The van der Waals surface area contributed by atoms with Crippen molar-refractivity contribution in [2.45, 2.75) is 0 Å². The molecule has 0 bridgehead atoms. The summed E-state index contributed by atoms with van der Waals surface area (Å²) in [4.78, 5) is 11.8. The van der Waals surface area contributed by atoms with E-state index in [4.69, 9.17) is 15.6 Å². The maximum atomic E-state index is 11.8. The zero-order valence-electron chi connectivity index (χ0n) is 14.7. The van der Waals surface area contributed by atoms with E-state index >= 15 is 0 Å². The molecule has 0 N–H and O–H groups in total. The second-order valence-electron chi connectivity index (χ2n) is 6.14. The van der Waals surface area contributed by atoms with Crippen LogP contribution >= 0.6 is 0 Å². The number of hydrogen-bond acceptors (Lipinski definition) is 3. The van der Waals surface area contributed by atoms with Gasteiger partial charge in [0.25, 0.3) is 0 Å². The first-order valence-electron chi connectivity index (χ1n) is 8.47.